The van der Waals surface area contributed by atoms with E-state index in [2.05, 4.69) is 0 Å². The number of halogens is 1. The first-order valence-electron chi connectivity index (χ1n) is 5.73. The highest BCUT2D eigenvalue weighted by Gasteiger charge is 2.06. The lowest BCUT2D eigenvalue weighted by molar-refractivity contribution is 0.0845. The van der Waals surface area contributed by atoms with E-state index in [1.165, 1.54) is 0 Å². The van der Waals surface area contributed by atoms with Gasteiger partial charge in [-0.1, -0.05) is 29.8 Å². The Labute approximate surface area is 102 Å². The highest BCUT2D eigenvalue weighted by molar-refractivity contribution is 6.31. The van der Waals surface area contributed by atoms with E-state index in [0.29, 0.717) is 19.6 Å². The zero-order valence-electron chi connectivity index (χ0n) is 9.66. The van der Waals surface area contributed by atoms with Crippen LogP contribution in [-0.2, 0) is 11.2 Å². The molecule has 0 aliphatic carbocycles. The molecule has 16 heavy (non-hydrogen) atoms. The van der Waals surface area contributed by atoms with E-state index in [1.807, 2.05) is 31.2 Å². The molecule has 1 rings (SSSR count). The zero-order valence-corrected chi connectivity index (χ0v) is 10.4. The largest absolute Gasteiger partial charge is 0.393 e. The Morgan fingerprint density at radius 1 is 1.31 bits per heavy atom. The summed E-state index contributed by atoms with van der Waals surface area (Å²) in [5.74, 6) is 0. The molecule has 0 saturated carbocycles. The van der Waals surface area contributed by atoms with Crippen LogP contribution in [0.5, 0.6) is 0 Å². The second-order valence-electron chi connectivity index (χ2n) is 3.77. The molecule has 1 aromatic carbocycles. The van der Waals surface area contributed by atoms with Crippen LogP contribution in [0.25, 0.3) is 0 Å². The predicted octanol–water partition coefficient (Wildman–Crippen LogP) is 3.06. The summed E-state index contributed by atoms with van der Waals surface area (Å²) in [5, 5.41) is 10.5. The smallest absolute Gasteiger partial charge is 0.0565 e. The minimum absolute atomic E-state index is 0.303. The first-order chi connectivity index (χ1) is 7.74. The summed E-state index contributed by atoms with van der Waals surface area (Å²) in [6, 6.07) is 7.76. The number of hydrogen-bond donors (Lipinski definition) is 1. The van der Waals surface area contributed by atoms with Gasteiger partial charge in [0, 0.05) is 18.2 Å². The summed E-state index contributed by atoms with van der Waals surface area (Å²) in [6.07, 6.45) is 1.94. The van der Waals surface area contributed by atoms with Crippen LogP contribution in [0.4, 0.5) is 0 Å². The maximum absolute atomic E-state index is 9.70. The van der Waals surface area contributed by atoms with Gasteiger partial charge in [-0.25, -0.2) is 0 Å². The van der Waals surface area contributed by atoms with Crippen molar-refractivity contribution in [2.45, 2.75) is 32.3 Å². The Morgan fingerprint density at radius 2 is 2.06 bits per heavy atom. The first-order valence-corrected chi connectivity index (χ1v) is 6.11. The van der Waals surface area contributed by atoms with Crippen molar-refractivity contribution >= 4 is 11.6 Å². The molecule has 3 heteroatoms. The van der Waals surface area contributed by atoms with Gasteiger partial charge in [0.05, 0.1) is 6.10 Å². The van der Waals surface area contributed by atoms with Gasteiger partial charge in [-0.05, 0) is 37.8 Å². The first kappa shape index (κ1) is 13.5. The number of ether oxygens (including phenoxy) is 1. The lowest BCUT2D eigenvalue weighted by Gasteiger charge is -2.10. The van der Waals surface area contributed by atoms with E-state index in [0.717, 1.165) is 23.4 Å². The topological polar surface area (TPSA) is 29.5 Å². The molecule has 90 valence electrons. The van der Waals surface area contributed by atoms with Gasteiger partial charge >= 0.3 is 0 Å². The molecular weight excluding hydrogens is 224 g/mol. The lowest BCUT2D eigenvalue weighted by Crippen LogP contribution is -2.11. The molecule has 1 unspecified atom stereocenters. The summed E-state index contributed by atoms with van der Waals surface area (Å²) in [4.78, 5) is 0. The van der Waals surface area contributed by atoms with Crippen LogP contribution < -0.4 is 0 Å². The third kappa shape index (κ3) is 4.97. The van der Waals surface area contributed by atoms with Gasteiger partial charge in [0.2, 0.25) is 0 Å². The average Bonchev–Trinajstić information content (AvgIpc) is 2.28. The third-order valence-corrected chi connectivity index (χ3v) is 2.87. The van der Waals surface area contributed by atoms with Crippen molar-refractivity contribution in [3.63, 3.8) is 0 Å². The van der Waals surface area contributed by atoms with Gasteiger partial charge in [0.15, 0.2) is 0 Å². The van der Waals surface area contributed by atoms with E-state index < -0.39 is 0 Å². The fraction of sp³-hybridized carbons (Fsp3) is 0.538. The van der Waals surface area contributed by atoms with Crippen molar-refractivity contribution in [1.82, 2.24) is 0 Å². The fourth-order valence-corrected chi connectivity index (χ4v) is 1.76. The molecule has 0 amide bonds. The molecule has 0 saturated heterocycles. The molecule has 0 radical (unpaired) electrons. The van der Waals surface area contributed by atoms with E-state index >= 15 is 0 Å². The van der Waals surface area contributed by atoms with Gasteiger partial charge in [0.25, 0.3) is 0 Å². The summed E-state index contributed by atoms with van der Waals surface area (Å²) in [5.41, 5.74) is 1.10. The normalized spacial score (nSPS) is 12.7. The fourth-order valence-electron chi connectivity index (χ4n) is 1.53. The van der Waals surface area contributed by atoms with E-state index in [-0.39, 0.29) is 6.10 Å². The van der Waals surface area contributed by atoms with Crippen LogP contribution in [0.3, 0.4) is 0 Å². The van der Waals surface area contributed by atoms with E-state index in [9.17, 15) is 5.11 Å². The molecule has 0 aliphatic rings. The SMILES string of the molecule is CCOCCC(O)CCc1ccccc1Cl. The van der Waals surface area contributed by atoms with Crippen molar-refractivity contribution in [3.05, 3.63) is 34.9 Å². The molecule has 2 nitrogen and oxygen atoms in total. The minimum atomic E-state index is -0.303. The molecule has 0 bridgehead atoms. The highest BCUT2D eigenvalue weighted by atomic mass is 35.5. The number of aliphatic hydroxyl groups is 1. The number of aliphatic hydroxyl groups excluding tert-OH is 1. The van der Waals surface area contributed by atoms with E-state index in [4.69, 9.17) is 16.3 Å². The number of hydrogen-bond acceptors (Lipinski definition) is 2. The molecule has 0 heterocycles. The lowest BCUT2D eigenvalue weighted by atomic mass is 10.1. The van der Waals surface area contributed by atoms with Crippen molar-refractivity contribution in [3.8, 4) is 0 Å². The van der Waals surface area contributed by atoms with E-state index in [1.54, 1.807) is 0 Å². The summed E-state index contributed by atoms with van der Waals surface area (Å²) in [6.45, 7) is 3.29. The second kappa shape index (κ2) is 7.66. The highest BCUT2D eigenvalue weighted by Crippen LogP contribution is 2.17. The summed E-state index contributed by atoms with van der Waals surface area (Å²) < 4.78 is 5.19. The van der Waals surface area contributed by atoms with Crippen LogP contribution in [0.2, 0.25) is 5.02 Å². The summed E-state index contributed by atoms with van der Waals surface area (Å²) >= 11 is 6.03. The standard InChI is InChI=1S/C13H19ClO2/c1-2-16-10-9-12(15)8-7-11-5-3-4-6-13(11)14/h3-6,12,15H,2,7-10H2,1H3. The van der Waals surface area contributed by atoms with Crippen molar-refractivity contribution < 1.29 is 9.84 Å². The van der Waals surface area contributed by atoms with Crippen LogP contribution in [0.1, 0.15) is 25.3 Å². The summed E-state index contributed by atoms with van der Waals surface area (Å²) in [7, 11) is 0. The van der Waals surface area contributed by atoms with Gasteiger partial charge < -0.3 is 9.84 Å². The van der Waals surface area contributed by atoms with Crippen LogP contribution in [-0.4, -0.2) is 24.4 Å². The van der Waals surface area contributed by atoms with Gasteiger partial charge in [-0.3, -0.25) is 0 Å². The molecular formula is C13H19ClO2. The van der Waals surface area contributed by atoms with Crippen LogP contribution in [0.15, 0.2) is 24.3 Å². The Bertz CT molecular complexity index is 302. The second-order valence-corrected chi connectivity index (χ2v) is 4.18. The molecule has 1 N–H and O–H groups in total. The van der Waals surface area contributed by atoms with Gasteiger partial charge in [-0.15, -0.1) is 0 Å². The number of aryl methyl sites for hydroxylation is 1. The van der Waals surface area contributed by atoms with Crippen molar-refractivity contribution in [2.24, 2.45) is 0 Å². The monoisotopic (exact) mass is 242 g/mol. The van der Waals surface area contributed by atoms with Crippen molar-refractivity contribution in [1.29, 1.82) is 0 Å². The quantitative estimate of drug-likeness (QED) is 0.745. The molecule has 1 aromatic rings. The number of rotatable bonds is 7. The Kier molecular flexibility index (Phi) is 6.46. The minimum Gasteiger partial charge on any atom is -0.393 e. The Hall–Kier alpha value is -0.570. The van der Waals surface area contributed by atoms with Crippen molar-refractivity contribution in [2.75, 3.05) is 13.2 Å². The average molecular weight is 243 g/mol. The molecule has 0 aromatic heterocycles. The van der Waals surface area contributed by atoms with Gasteiger partial charge in [0.1, 0.15) is 0 Å². The Morgan fingerprint density at radius 3 is 2.75 bits per heavy atom. The maximum atomic E-state index is 9.70. The maximum Gasteiger partial charge on any atom is 0.0565 e. The molecule has 1 atom stereocenters. The zero-order chi connectivity index (χ0) is 11.8. The number of benzene rings is 1. The predicted molar refractivity (Wildman–Crippen MR) is 66.9 cm³/mol. The third-order valence-electron chi connectivity index (χ3n) is 2.50. The molecule has 0 fully saturated rings. The molecule has 0 spiro atoms. The van der Waals surface area contributed by atoms with Gasteiger partial charge in [-0.2, -0.15) is 0 Å². The molecule has 0 aliphatic heterocycles. The van der Waals surface area contributed by atoms with Crippen LogP contribution >= 0.6 is 11.6 Å². The Balaban J connectivity index is 2.26. The van der Waals surface area contributed by atoms with Crippen LogP contribution in [0, 0.1) is 0 Å².